The number of carbonyl (C=O) groups is 1. The highest BCUT2D eigenvalue weighted by molar-refractivity contribution is 5.96. The van der Waals surface area contributed by atoms with E-state index in [1.54, 1.807) is 6.92 Å². The lowest BCUT2D eigenvalue weighted by Crippen LogP contribution is -2.25. The lowest BCUT2D eigenvalue weighted by molar-refractivity contribution is 0.0954. The van der Waals surface area contributed by atoms with Crippen LogP contribution in [0.15, 0.2) is 30.4 Å². The Morgan fingerprint density at radius 1 is 1.60 bits per heavy atom. The zero-order valence-corrected chi connectivity index (χ0v) is 8.38. The molecule has 0 bridgehead atoms. The molecular formula is C11H12FNO2. The fourth-order valence-electron chi connectivity index (χ4n) is 1.02. The monoisotopic (exact) mass is 209 g/mol. The molecule has 0 aromatic heterocycles. The van der Waals surface area contributed by atoms with Crippen LogP contribution in [0.3, 0.4) is 0 Å². The second kappa shape index (κ2) is 4.59. The summed E-state index contributed by atoms with van der Waals surface area (Å²) in [6, 6.07) is 3.22. The van der Waals surface area contributed by atoms with Crippen molar-refractivity contribution in [3.63, 3.8) is 0 Å². The van der Waals surface area contributed by atoms with Gasteiger partial charge in [0.15, 0.2) is 0 Å². The highest BCUT2D eigenvalue weighted by atomic mass is 19.1. The van der Waals surface area contributed by atoms with Crippen LogP contribution < -0.4 is 5.32 Å². The first kappa shape index (κ1) is 11.2. The van der Waals surface area contributed by atoms with Crippen LogP contribution in [0.5, 0.6) is 5.75 Å². The molecule has 0 heterocycles. The maximum absolute atomic E-state index is 12.8. The first-order valence-electron chi connectivity index (χ1n) is 4.42. The van der Waals surface area contributed by atoms with Crippen molar-refractivity contribution >= 4 is 5.91 Å². The van der Waals surface area contributed by atoms with Crippen molar-refractivity contribution in [3.8, 4) is 5.75 Å². The summed E-state index contributed by atoms with van der Waals surface area (Å²) in [6.45, 7) is 5.67. The molecule has 1 aromatic carbocycles. The van der Waals surface area contributed by atoms with Crippen LogP contribution in [0.4, 0.5) is 4.39 Å². The van der Waals surface area contributed by atoms with Gasteiger partial charge in [-0.25, -0.2) is 4.39 Å². The molecule has 0 aliphatic carbocycles. The Hall–Kier alpha value is -1.84. The molecule has 0 spiro atoms. The molecule has 4 heteroatoms. The molecule has 0 radical (unpaired) electrons. The Kier molecular flexibility index (Phi) is 3.44. The average Bonchev–Trinajstić information content (AvgIpc) is 2.18. The molecule has 0 aliphatic heterocycles. The summed E-state index contributed by atoms with van der Waals surface area (Å²) in [4.78, 5) is 11.4. The molecule has 80 valence electrons. The number of amides is 1. The second-order valence-corrected chi connectivity index (χ2v) is 3.30. The predicted octanol–water partition coefficient (Wildman–Crippen LogP) is 1.84. The Bertz CT molecular complexity index is 402. The van der Waals surface area contributed by atoms with Gasteiger partial charge in [0.2, 0.25) is 0 Å². The molecule has 0 atom stereocenters. The van der Waals surface area contributed by atoms with Crippen molar-refractivity contribution in [2.24, 2.45) is 0 Å². The SMILES string of the molecule is C=C(C)CNC(=O)c1cc(F)ccc1O. The van der Waals surface area contributed by atoms with Crippen LogP contribution >= 0.6 is 0 Å². The molecule has 0 saturated carbocycles. The van der Waals surface area contributed by atoms with Crippen LogP contribution in [-0.2, 0) is 0 Å². The Labute approximate surface area is 87.2 Å². The number of hydrogen-bond acceptors (Lipinski definition) is 2. The van der Waals surface area contributed by atoms with E-state index in [1.807, 2.05) is 0 Å². The standard InChI is InChI=1S/C11H12FNO2/c1-7(2)6-13-11(15)9-5-8(12)3-4-10(9)14/h3-5,14H,1,6H2,2H3,(H,13,15). The summed E-state index contributed by atoms with van der Waals surface area (Å²) >= 11 is 0. The normalized spacial score (nSPS) is 9.73. The van der Waals surface area contributed by atoms with Crippen LogP contribution in [0.2, 0.25) is 0 Å². The number of aromatic hydroxyl groups is 1. The highest BCUT2D eigenvalue weighted by Crippen LogP contribution is 2.17. The molecule has 2 N–H and O–H groups in total. The lowest BCUT2D eigenvalue weighted by Gasteiger charge is -2.06. The third-order valence-corrected chi connectivity index (χ3v) is 1.75. The molecule has 1 rings (SSSR count). The molecule has 1 aromatic rings. The Balaban J connectivity index is 2.81. The van der Waals surface area contributed by atoms with Crippen molar-refractivity contribution in [2.45, 2.75) is 6.92 Å². The van der Waals surface area contributed by atoms with Crippen LogP contribution in [0, 0.1) is 5.82 Å². The fraction of sp³-hybridized carbons (Fsp3) is 0.182. The van der Waals surface area contributed by atoms with Gasteiger partial charge in [-0.05, 0) is 25.1 Å². The summed E-state index contributed by atoms with van der Waals surface area (Å²) in [5, 5.41) is 11.8. The minimum Gasteiger partial charge on any atom is -0.507 e. The number of hydrogen-bond donors (Lipinski definition) is 2. The predicted molar refractivity (Wildman–Crippen MR) is 55.2 cm³/mol. The first-order valence-corrected chi connectivity index (χ1v) is 4.42. The van der Waals surface area contributed by atoms with Gasteiger partial charge < -0.3 is 10.4 Å². The Morgan fingerprint density at radius 3 is 2.87 bits per heavy atom. The summed E-state index contributed by atoms with van der Waals surface area (Å²) < 4.78 is 12.8. The van der Waals surface area contributed by atoms with Crippen molar-refractivity contribution < 1.29 is 14.3 Å². The van der Waals surface area contributed by atoms with Gasteiger partial charge in [-0.15, -0.1) is 0 Å². The first-order chi connectivity index (χ1) is 7.00. The van der Waals surface area contributed by atoms with Gasteiger partial charge in [0.05, 0.1) is 5.56 Å². The van der Waals surface area contributed by atoms with Crippen LogP contribution in [-0.4, -0.2) is 17.6 Å². The summed E-state index contributed by atoms with van der Waals surface area (Å²) in [5.74, 6) is -1.32. The largest absolute Gasteiger partial charge is 0.507 e. The van der Waals surface area contributed by atoms with Gasteiger partial charge >= 0.3 is 0 Å². The van der Waals surface area contributed by atoms with Crippen molar-refractivity contribution in [2.75, 3.05) is 6.54 Å². The van der Waals surface area contributed by atoms with Crippen molar-refractivity contribution in [3.05, 3.63) is 41.7 Å². The van der Waals surface area contributed by atoms with E-state index in [-0.39, 0.29) is 11.3 Å². The number of carbonyl (C=O) groups excluding carboxylic acids is 1. The smallest absolute Gasteiger partial charge is 0.255 e. The van der Waals surface area contributed by atoms with Gasteiger partial charge in [-0.1, -0.05) is 12.2 Å². The van der Waals surface area contributed by atoms with Crippen LogP contribution in [0.1, 0.15) is 17.3 Å². The molecule has 0 saturated heterocycles. The van der Waals surface area contributed by atoms with Crippen molar-refractivity contribution in [1.82, 2.24) is 5.32 Å². The molecular weight excluding hydrogens is 197 g/mol. The van der Waals surface area contributed by atoms with Gasteiger partial charge in [-0.3, -0.25) is 4.79 Å². The molecule has 3 nitrogen and oxygen atoms in total. The number of phenols is 1. The van der Waals surface area contributed by atoms with E-state index >= 15 is 0 Å². The zero-order valence-electron chi connectivity index (χ0n) is 8.38. The third kappa shape index (κ3) is 3.09. The zero-order chi connectivity index (χ0) is 11.4. The van der Waals surface area contributed by atoms with E-state index in [1.165, 1.54) is 0 Å². The minimum atomic E-state index is -0.562. The topological polar surface area (TPSA) is 49.3 Å². The molecule has 1 amide bonds. The highest BCUT2D eigenvalue weighted by Gasteiger charge is 2.11. The Morgan fingerprint density at radius 2 is 2.27 bits per heavy atom. The number of nitrogens with one attached hydrogen (secondary N) is 1. The van der Waals surface area contributed by atoms with E-state index in [9.17, 15) is 14.3 Å². The lowest BCUT2D eigenvalue weighted by atomic mass is 10.2. The fourth-order valence-corrected chi connectivity index (χ4v) is 1.02. The summed E-state index contributed by atoms with van der Waals surface area (Å²) in [6.07, 6.45) is 0. The van der Waals surface area contributed by atoms with E-state index in [2.05, 4.69) is 11.9 Å². The number of benzene rings is 1. The maximum atomic E-state index is 12.8. The third-order valence-electron chi connectivity index (χ3n) is 1.75. The number of phenolic OH excluding ortho intramolecular Hbond substituents is 1. The molecule has 15 heavy (non-hydrogen) atoms. The second-order valence-electron chi connectivity index (χ2n) is 3.30. The van der Waals surface area contributed by atoms with Crippen LogP contribution in [0.25, 0.3) is 0 Å². The van der Waals surface area contributed by atoms with Gasteiger partial charge in [0.1, 0.15) is 11.6 Å². The summed E-state index contributed by atoms with van der Waals surface area (Å²) in [7, 11) is 0. The number of halogens is 1. The quantitative estimate of drug-likeness (QED) is 0.746. The van der Waals surface area contributed by atoms with E-state index in [0.29, 0.717) is 6.54 Å². The van der Waals surface area contributed by atoms with Crippen molar-refractivity contribution in [1.29, 1.82) is 0 Å². The minimum absolute atomic E-state index is 0.0729. The summed E-state index contributed by atoms with van der Waals surface area (Å²) in [5.41, 5.74) is 0.704. The molecule has 0 fully saturated rings. The van der Waals surface area contributed by atoms with Gasteiger partial charge in [0.25, 0.3) is 5.91 Å². The van der Waals surface area contributed by atoms with Gasteiger partial charge in [0, 0.05) is 6.54 Å². The molecule has 0 aliphatic rings. The van der Waals surface area contributed by atoms with E-state index < -0.39 is 11.7 Å². The van der Waals surface area contributed by atoms with Gasteiger partial charge in [-0.2, -0.15) is 0 Å². The molecule has 0 unspecified atom stereocenters. The van der Waals surface area contributed by atoms with E-state index in [4.69, 9.17) is 0 Å². The maximum Gasteiger partial charge on any atom is 0.255 e. The average molecular weight is 209 g/mol. The van der Waals surface area contributed by atoms with E-state index in [0.717, 1.165) is 23.8 Å². The number of rotatable bonds is 3.